The van der Waals surface area contributed by atoms with E-state index in [0.29, 0.717) is 6.04 Å². The average molecular weight is 275 g/mol. The lowest BCUT2D eigenvalue weighted by Gasteiger charge is -2.35. The Kier molecular flexibility index (Phi) is 5.84. The quantitative estimate of drug-likeness (QED) is 0.860. The minimum absolute atomic E-state index is 0.671. The van der Waals surface area contributed by atoms with E-state index in [4.69, 9.17) is 0 Å². The lowest BCUT2D eigenvalue weighted by Crippen LogP contribution is -2.35. The van der Waals surface area contributed by atoms with Crippen molar-refractivity contribution in [3.8, 4) is 0 Å². The molecular weight excluding hydrogens is 246 g/mol. The molecule has 0 bridgehead atoms. The first kappa shape index (κ1) is 15.3. The highest BCUT2D eigenvalue weighted by Gasteiger charge is 2.23. The van der Waals surface area contributed by atoms with Crippen LogP contribution in [0.4, 0.5) is 5.82 Å². The zero-order valence-corrected chi connectivity index (χ0v) is 13.2. The van der Waals surface area contributed by atoms with Crippen molar-refractivity contribution >= 4 is 5.82 Å². The molecule has 1 heterocycles. The number of pyridine rings is 1. The van der Waals surface area contributed by atoms with E-state index in [1.165, 1.54) is 37.7 Å². The Morgan fingerprint density at radius 3 is 2.50 bits per heavy atom. The maximum Gasteiger partial charge on any atom is 0.128 e. The summed E-state index contributed by atoms with van der Waals surface area (Å²) in [5.74, 6) is 2.07. The molecule has 0 aliphatic heterocycles. The standard InChI is InChI=1S/C17H29N3/c1-4-14-6-9-16(10-7-14)20(3)17-11-8-15(13-19-17)12-18-5-2/h8,11,13-14,16,18H,4-7,9-10,12H2,1-3H3. The topological polar surface area (TPSA) is 28.2 Å². The third kappa shape index (κ3) is 3.95. The maximum absolute atomic E-state index is 4.63. The monoisotopic (exact) mass is 275 g/mol. The molecule has 1 fully saturated rings. The average Bonchev–Trinajstić information content (AvgIpc) is 2.53. The van der Waals surface area contributed by atoms with Crippen LogP contribution in [0.2, 0.25) is 0 Å². The largest absolute Gasteiger partial charge is 0.357 e. The molecule has 1 aromatic rings. The molecule has 20 heavy (non-hydrogen) atoms. The second-order valence-corrected chi connectivity index (χ2v) is 6.00. The summed E-state index contributed by atoms with van der Waals surface area (Å²) in [6.45, 7) is 6.36. The third-order valence-corrected chi connectivity index (χ3v) is 4.69. The molecule has 0 spiro atoms. The molecule has 0 radical (unpaired) electrons. The molecule has 1 saturated carbocycles. The molecule has 0 amide bonds. The summed E-state index contributed by atoms with van der Waals surface area (Å²) in [5, 5.41) is 3.33. The van der Waals surface area contributed by atoms with Crippen LogP contribution in [0.25, 0.3) is 0 Å². The summed E-state index contributed by atoms with van der Waals surface area (Å²) >= 11 is 0. The Morgan fingerprint density at radius 1 is 1.20 bits per heavy atom. The summed E-state index contributed by atoms with van der Waals surface area (Å²) in [6, 6.07) is 5.03. The van der Waals surface area contributed by atoms with Gasteiger partial charge in [-0.15, -0.1) is 0 Å². The molecule has 0 atom stereocenters. The smallest absolute Gasteiger partial charge is 0.128 e. The first-order valence-electron chi connectivity index (χ1n) is 8.13. The van der Waals surface area contributed by atoms with Gasteiger partial charge in [-0.3, -0.25) is 0 Å². The van der Waals surface area contributed by atoms with Gasteiger partial charge in [-0.1, -0.05) is 26.3 Å². The van der Waals surface area contributed by atoms with Crippen LogP contribution >= 0.6 is 0 Å². The molecule has 1 aromatic heterocycles. The maximum atomic E-state index is 4.63. The van der Waals surface area contributed by atoms with E-state index < -0.39 is 0 Å². The van der Waals surface area contributed by atoms with E-state index in [-0.39, 0.29) is 0 Å². The van der Waals surface area contributed by atoms with Gasteiger partial charge in [0, 0.05) is 25.8 Å². The van der Waals surface area contributed by atoms with Gasteiger partial charge in [0.1, 0.15) is 5.82 Å². The molecule has 3 heteroatoms. The van der Waals surface area contributed by atoms with Crippen LogP contribution in [-0.2, 0) is 6.54 Å². The van der Waals surface area contributed by atoms with Gasteiger partial charge in [0.15, 0.2) is 0 Å². The number of hydrogen-bond acceptors (Lipinski definition) is 3. The summed E-state index contributed by atoms with van der Waals surface area (Å²) in [5.41, 5.74) is 1.26. The summed E-state index contributed by atoms with van der Waals surface area (Å²) in [6.07, 6.45) is 8.74. The van der Waals surface area contributed by atoms with Crippen LogP contribution in [0.15, 0.2) is 18.3 Å². The van der Waals surface area contributed by atoms with E-state index in [0.717, 1.165) is 24.8 Å². The lowest BCUT2D eigenvalue weighted by molar-refractivity contribution is 0.313. The van der Waals surface area contributed by atoms with Crippen LogP contribution in [0, 0.1) is 5.92 Å². The number of hydrogen-bond donors (Lipinski definition) is 1. The Hall–Kier alpha value is -1.09. The number of nitrogens with one attached hydrogen (secondary N) is 1. The first-order valence-corrected chi connectivity index (χ1v) is 8.13. The number of anilines is 1. The van der Waals surface area contributed by atoms with E-state index >= 15 is 0 Å². The fourth-order valence-electron chi connectivity index (χ4n) is 3.13. The Bertz CT molecular complexity index is 380. The van der Waals surface area contributed by atoms with Crippen molar-refractivity contribution in [2.75, 3.05) is 18.5 Å². The van der Waals surface area contributed by atoms with Gasteiger partial charge < -0.3 is 10.2 Å². The van der Waals surface area contributed by atoms with Crippen LogP contribution in [-0.4, -0.2) is 24.6 Å². The van der Waals surface area contributed by atoms with Gasteiger partial charge in [0.25, 0.3) is 0 Å². The minimum Gasteiger partial charge on any atom is -0.357 e. The van der Waals surface area contributed by atoms with Gasteiger partial charge in [0.2, 0.25) is 0 Å². The number of nitrogens with zero attached hydrogens (tertiary/aromatic N) is 2. The Balaban J connectivity index is 1.90. The predicted molar refractivity (Wildman–Crippen MR) is 86.1 cm³/mol. The van der Waals surface area contributed by atoms with Crippen LogP contribution in [0.3, 0.4) is 0 Å². The number of aromatic nitrogens is 1. The van der Waals surface area contributed by atoms with Crippen molar-refractivity contribution in [2.24, 2.45) is 5.92 Å². The molecule has 0 aromatic carbocycles. The summed E-state index contributed by atoms with van der Waals surface area (Å²) < 4.78 is 0. The molecule has 112 valence electrons. The van der Waals surface area contributed by atoms with Crippen molar-refractivity contribution in [3.63, 3.8) is 0 Å². The summed E-state index contributed by atoms with van der Waals surface area (Å²) in [7, 11) is 2.20. The van der Waals surface area contributed by atoms with Gasteiger partial charge in [-0.05, 0) is 49.8 Å². The second-order valence-electron chi connectivity index (χ2n) is 6.00. The SMILES string of the molecule is CCNCc1ccc(N(C)C2CCC(CC)CC2)nc1. The molecule has 1 aliphatic rings. The molecule has 2 rings (SSSR count). The first-order chi connectivity index (χ1) is 9.74. The molecular formula is C17H29N3. The fourth-order valence-corrected chi connectivity index (χ4v) is 3.13. The Labute approximate surface area is 123 Å². The number of rotatable bonds is 6. The highest BCUT2D eigenvalue weighted by molar-refractivity contribution is 5.39. The molecule has 1 N–H and O–H groups in total. The molecule has 1 aliphatic carbocycles. The van der Waals surface area contributed by atoms with Gasteiger partial charge >= 0.3 is 0 Å². The van der Waals surface area contributed by atoms with Crippen molar-refractivity contribution < 1.29 is 0 Å². The van der Waals surface area contributed by atoms with Crippen molar-refractivity contribution in [1.82, 2.24) is 10.3 Å². The van der Waals surface area contributed by atoms with Gasteiger partial charge in [-0.25, -0.2) is 4.98 Å². The highest BCUT2D eigenvalue weighted by atomic mass is 15.2. The van der Waals surface area contributed by atoms with Crippen molar-refractivity contribution in [1.29, 1.82) is 0 Å². The second kappa shape index (κ2) is 7.63. The molecule has 0 saturated heterocycles. The van der Waals surface area contributed by atoms with Crippen LogP contribution in [0.5, 0.6) is 0 Å². The normalized spacial score (nSPS) is 22.8. The van der Waals surface area contributed by atoms with E-state index in [2.05, 4.69) is 48.2 Å². The zero-order chi connectivity index (χ0) is 14.4. The molecule has 0 unspecified atom stereocenters. The van der Waals surface area contributed by atoms with Crippen molar-refractivity contribution in [2.45, 2.75) is 58.5 Å². The lowest BCUT2D eigenvalue weighted by atomic mass is 9.84. The van der Waals surface area contributed by atoms with E-state index in [9.17, 15) is 0 Å². The van der Waals surface area contributed by atoms with Crippen molar-refractivity contribution in [3.05, 3.63) is 23.9 Å². The van der Waals surface area contributed by atoms with Gasteiger partial charge in [0.05, 0.1) is 0 Å². The van der Waals surface area contributed by atoms with Crippen LogP contribution in [0.1, 0.15) is 51.5 Å². The Morgan fingerprint density at radius 2 is 1.95 bits per heavy atom. The summed E-state index contributed by atoms with van der Waals surface area (Å²) in [4.78, 5) is 7.01. The van der Waals surface area contributed by atoms with Gasteiger partial charge in [-0.2, -0.15) is 0 Å². The third-order valence-electron chi connectivity index (χ3n) is 4.69. The highest BCUT2D eigenvalue weighted by Crippen LogP contribution is 2.30. The van der Waals surface area contributed by atoms with E-state index in [1.807, 2.05) is 6.20 Å². The zero-order valence-electron chi connectivity index (χ0n) is 13.2. The molecule has 3 nitrogen and oxygen atoms in total. The fraction of sp³-hybridized carbons (Fsp3) is 0.706. The van der Waals surface area contributed by atoms with Crippen LogP contribution < -0.4 is 10.2 Å². The minimum atomic E-state index is 0.671. The van der Waals surface area contributed by atoms with E-state index in [1.54, 1.807) is 0 Å². The predicted octanol–water partition coefficient (Wildman–Crippen LogP) is 3.60.